The Hall–Kier alpha value is -2.18. The zero-order valence-corrected chi connectivity index (χ0v) is 15.5. The number of fused-ring (bicyclic) bond motifs is 1. The molecule has 2 aromatic rings. The van der Waals surface area contributed by atoms with Crippen LogP contribution in [0.5, 0.6) is 0 Å². The van der Waals surface area contributed by atoms with Gasteiger partial charge in [0.1, 0.15) is 0 Å². The van der Waals surface area contributed by atoms with Crippen LogP contribution >= 0.6 is 0 Å². The Morgan fingerprint density at radius 1 is 1.16 bits per heavy atom. The minimum atomic E-state index is -3.46. The van der Waals surface area contributed by atoms with Crippen molar-refractivity contribution in [3.63, 3.8) is 0 Å². The van der Waals surface area contributed by atoms with E-state index in [9.17, 15) is 13.2 Å². The van der Waals surface area contributed by atoms with E-state index >= 15 is 0 Å². The Labute approximate surface area is 148 Å². The Morgan fingerprint density at radius 3 is 2.56 bits per heavy atom. The van der Waals surface area contributed by atoms with Gasteiger partial charge in [0, 0.05) is 26.3 Å². The quantitative estimate of drug-likeness (QED) is 0.843. The van der Waals surface area contributed by atoms with Crippen molar-refractivity contribution >= 4 is 21.6 Å². The van der Waals surface area contributed by atoms with Crippen molar-refractivity contribution in [1.29, 1.82) is 0 Å². The smallest absolute Gasteiger partial charge is 0.242 e. The molecule has 0 saturated carbocycles. The second kappa shape index (κ2) is 6.61. The molecule has 0 N–H and O–H groups in total. The van der Waals surface area contributed by atoms with Gasteiger partial charge in [-0.25, -0.2) is 12.7 Å². The molecular weight excluding hydrogens is 336 g/mol. The van der Waals surface area contributed by atoms with Crippen LogP contribution in [-0.4, -0.2) is 39.3 Å². The van der Waals surface area contributed by atoms with Gasteiger partial charge in [0.2, 0.25) is 15.9 Å². The first-order chi connectivity index (χ1) is 11.8. The van der Waals surface area contributed by atoms with Gasteiger partial charge in [-0.2, -0.15) is 0 Å². The first-order valence-electron chi connectivity index (χ1n) is 8.21. The first-order valence-corrected chi connectivity index (χ1v) is 9.65. The number of aryl methyl sites for hydroxylation is 1. The van der Waals surface area contributed by atoms with Crippen molar-refractivity contribution in [3.8, 4) is 0 Å². The van der Waals surface area contributed by atoms with E-state index in [1.165, 1.54) is 18.4 Å². The third-order valence-electron chi connectivity index (χ3n) is 4.63. The standard InChI is InChI=1S/C19H22N2O3S/c1-14-6-4-5-7-15(14)13-19(22)21-11-10-16-12-17(8-9-18(16)21)25(23,24)20(2)3/h4-9,12H,10-11,13H2,1-3H3. The molecule has 0 bridgehead atoms. The summed E-state index contributed by atoms with van der Waals surface area (Å²) < 4.78 is 25.7. The fourth-order valence-electron chi connectivity index (χ4n) is 3.08. The largest absolute Gasteiger partial charge is 0.312 e. The minimum absolute atomic E-state index is 0.0382. The van der Waals surface area contributed by atoms with Gasteiger partial charge in [-0.1, -0.05) is 24.3 Å². The van der Waals surface area contributed by atoms with Gasteiger partial charge >= 0.3 is 0 Å². The van der Waals surface area contributed by atoms with Crippen LogP contribution in [0, 0.1) is 6.92 Å². The van der Waals surface area contributed by atoms with E-state index < -0.39 is 10.0 Å². The molecule has 3 rings (SSSR count). The molecule has 5 nitrogen and oxygen atoms in total. The highest BCUT2D eigenvalue weighted by Gasteiger charge is 2.27. The molecule has 0 aromatic heterocycles. The van der Waals surface area contributed by atoms with Crippen molar-refractivity contribution in [2.45, 2.75) is 24.7 Å². The number of carbonyl (C=O) groups is 1. The molecule has 0 saturated heterocycles. The highest BCUT2D eigenvalue weighted by molar-refractivity contribution is 7.89. The van der Waals surface area contributed by atoms with E-state index in [4.69, 9.17) is 0 Å². The summed E-state index contributed by atoms with van der Waals surface area (Å²) >= 11 is 0. The van der Waals surface area contributed by atoms with Gasteiger partial charge < -0.3 is 4.90 Å². The van der Waals surface area contributed by atoms with E-state index in [0.29, 0.717) is 19.4 Å². The zero-order chi connectivity index (χ0) is 18.2. The number of rotatable bonds is 4. The molecule has 0 radical (unpaired) electrons. The van der Waals surface area contributed by atoms with Crippen LogP contribution in [0.25, 0.3) is 0 Å². The molecule has 1 aliphatic rings. The van der Waals surface area contributed by atoms with E-state index in [2.05, 4.69) is 0 Å². The fourth-order valence-corrected chi connectivity index (χ4v) is 4.03. The van der Waals surface area contributed by atoms with E-state index in [-0.39, 0.29) is 10.8 Å². The van der Waals surface area contributed by atoms with Gasteiger partial charge in [-0.05, 0) is 48.2 Å². The maximum absolute atomic E-state index is 12.7. The van der Waals surface area contributed by atoms with Gasteiger partial charge in [0.15, 0.2) is 0 Å². The molecule has 1 heterocycles. The summed E-state index contributed by atoms with van der Waals surface area (Å²) in [6.07, 6.45) is 1.02. The van der Waals surface area contributed by atoms with Crippen molar-refractivity contribution < 1.29 is 13.2 Å². The predicted octanol–water partition coefficient (Wildman–Crippen LogP) is 2.38. The number of carbonyl (C=O) groups excluding carboxylic acids is 1. The highest BCUT2D eigenvalue weighted by atomic mass is 32.2. The third-order valence-corrected chi connectivity index (χ3v) is 6.44. The van der Waals surface area contributed by atoms with Crippen molar-refractivity contribution in [2.75, 3.05) is 25.5 Å². The molecule has 0 atom stereocenters. The molecule has 25 heavy (non-hydrogen) atoms. The average Bonchev–Trinajstić information content (AvgIpc) is 3.00. The molecule has 0 aliphatic carbocycles. The van der Waals surface area contributed by atoms with E-state index in [1.54, 1.807) is 23.1 Å². The predicted molar refractivity (Wildman–Crippen MR) is 98.3 cm³/mol. The molecule has 1 amide bonds. The van der Waals surface area contributed by atoms with Crippen molar-refractivity contribution in [1.82, 2.24) is 4.31 Å². The van der Waals surface area contributed by atoms with Crippen LogP contribution in [0.15, 0.2) is 47.4 Å². The number of sulfonamides is 1. The molecule has 132 valence electrons. The second-order valence-corrected chi connectivity index (χ2v) is 8.63. The number of benzene rings is 2. The highest BCUT2D eigenvalue weighted by Crippen LogP contribution is 2.31. The molecule has 2 aromatic carbocycles. The lowest BCUT2D eigenvalue weighted by atomic mass is 10.1. The molecule has 1 aliphatic heterocycles. The molecule has 6 heteroatoms. The number of anilines is 1. The lowest BCUT2D eigenvalue weighted by Gasteiger charge is -2.19. The maximum Gasteiger partial charge on any atom is 0.242 e. The van der Waals surface area contributed by atoms with Crippen LogP contribution in [0.3, 0.4) is 0 Å². The van der Waals surface area contributed by atoms with Gasteiger partial charge in [0.05, 0.1) is 11.3 Å². The van der Waals surface area contributed by atoms with Crippen LogP contribution in [0.4, 0.5) is 5.69 Å². The Bertz CT molecular complexity index is 920. The van der Waals surface area contributed by atoms with Crippen molar-refractivity contribution in [3.05, 3.63) is 59.2 Å². The monoisotopic (exact) mass is 358 g/mol. The topological polar surface area (TPSA) is 57.7 Å². The summed E-state index contributed by atoms with van der Waals surface area (Å²) in [5, 5.41) is 0. The average molecular weight is 358 g/mol. The lowest BCUT2D eigenvalue weighted by Crippen LogP contribution is -2.30. The summed E-state index contributed by atoms with van der Waals surface area (Å²) in [6, 6.07) is 12.9. The summed E-state index contributed by atoms with van der Waals surface area (Å²) in [5.41, 5.74) is 3.84. The Balaban J connectivity index is 1.85. The number of hydrogen-bond acceptors (Lipinski definition) is 3. The zero-order valence-electron chi connectivity index (χ0n) is 14.7. The Morgan fingerprint density at radius 2 is 1.88 bits per heavy atom. The number of nitrogens with zero attached hydrogens (tertiary/aromatic N) is 2. The van der Waals surface area contributed by atoms with Crippen LogP contribution in [-0.2, 0) is 27.7 Å². The van der Waals surface area contributed by atoms with Gasteiger partial charge in [-0.15, -0.1) is 0 Å². The maximum atomic E-state index is 12.7. The van der Waals surface area contributed by atoms with Gasteiger partial charge in [0.25, 0.3) is 0 Å². The molecular formula is C19H22N2O3S. The van der Waals surface area contributed by atoms with Crippen LogP contribution in [0.2, 0.25) is 0 Å². The normalized spacial score (nSPS) is 14.0. The first kappa shape index (κ1) is 17.6. The number of amides is 1. The summed E-state index contributed by atoms with van der Waals surface area (Å²) in [6.45, 7) is 2.59. The lowest BCUT2D eigenvalue weighted by molar-refractivity contribution is -0.117. The van der Waals surface area contributed by atoms with Crippen LogP contribution < -0.4 is 4.90 Å². The molecule has 0 spiro atoms. The third kappa shape index (κ3) is 3.32. The minimum Gasteiger partial charge on any atom is -0.312 e. The number of hydrogen-bond donors (Lipinski definition) is 0. The Kier molecular flexibility index (Phi) is 4.67. The summed E-state index contributed by atoms with van der Waals surface area (Å²) in [7, 11) is -0.432. The summed E-state index contributed by atoms with van der Waals surface area (Å²) in [5.74, 6) is 0.0382. The second-order valence-electron chi connectivity index (χ2n) is 6.48. The van der Waals surface area contributed by atoms with Crippen molar-refractivity contribution in [2.24, 2.45) is 0 Å². The fraction of sp³-hybridized carbons (Fsp3) is 0.316. The molecule has 0 unspecified atom stereocenters. The van der Waals surface area contributed by atoms with Crippen LogP contribution in [0.1, 0.15) is 16.7 Å². The molecule has 0 fully saturated rings. The van der Waals surface area contributed by atoms with E-state index in [1.807, 2.05) is 31.2 Å². The SMILES string of the molecule is Cc1ccccc1CC(=O)N1CCc2cc(S(=O)(=O)N(C)C)ccc21. The van der Waals surface area contributed by atoms with Gasteiger partial charge in [-0.3, -0.25) is 4.79 Å². The van der Waals surface area contributed by atoms with E-state index in [0.717, 1.165) is 22.4 Å². The summed E-state index contributed by atoms with van der Waals surface area (Å²) in [4.78, 5) is 14.7.